The summed E-state index contributed by atoms with van der Waals surface area (Å²) in [7, 11) is 0. The fraction of sp³-hybridized carbons (Fsp3) is 0.429. The van der Waals surface area contributed by atoms with Crippen LogP contribution in [0.4, 0.5) is 0 Å². The highest BCUT2D eigenvalue weighted by atomic mass is 32.1. The topological polar surface area (TPSA) is 67.8 Å². The van der Waals surface area contributed by atoms with Gasteiger partial charge in [0.2, 0.25) is 0 Å². The van der Waals surface area contributed by atoms with Gasteiger partial charge in [-0.3, -0.25) is 9.78 Å². The molecule has 0 radical (unpaired) electrons. The molecule has 1 aliphatic carbocycles. The smallest absolute Gasteiger partial charge is 0.272 e. The minimum Gasteiger partial charge on any atom is -0.341 e. The van der Waals surface area contributed by atoms with E-state index in [0.29, 0.717) is 11.6 Å². The van der Waals surface area contributed by atoms with Crippen LogP contribution in [-0.2, 0) is 0 Å². The lowest BCUT2D eigenvalue weighted by atomic mass is 10.2. The van der Waals surface area contributed by atoms with Crippen molar-refractivity contribution in [3.63, 3.8) is 0 Å². The van der Waals surface area contributed by atoms with Crippen molar-refractivity contribution in [3.05, 3.63) is 39.9 Å². The van der Waals surface area contributed by atoms with E-state index >= 15 is 0 Å². The van der Waals surface area contributed by atoms with E-state index in [0.717, 1.165) is 28.4 Å². The standard InChI is InChI=1S/C14H16N4OS/c1-8-5-16-11(7-15-8)13(19)18-12(10-3-4-10)14-17-6-9(2)20-14/h5-7,10,12H,3-4H2,1-2H3,(H,18,19)/t12-/m0/s1. The number of rotatable bonds is 4. The lowest BCUT2D eigenvalue weighted by molar-refractivity contribution is 0.0926. The highest BCUT2D eigenvalue weighted by Gasteiger charge is 2.35. The Morgan fingerprint density at radius 3 is 2.60 bits per heavy atom. The summed E-state index contributed by atoms with van der Waals surface area (Å²) in [4.78, 5) is 26.0. The SMILES string of the molecule is Cc1cnc(C(=O)N[C@H](c2ncc(C)s2)C2CC2)cn1. The Morgan fingerprint density at radius 1 is 1.25 bits per heavy atom. The first-order valence-electron chi connectivity index (χ1n) is 6.65. The molecule has 1 N–H and O–H groups in total. The number of amides is 1. The molecule has 3 rings (SSSR count). The largest absolute Gasteiger partial charge is 0.341 e. The van der Waals surface area contributed by atoms with E-state index in [2.05, 4.69) is 20.3 Å². The number of aryl methyl sites for hydroxylation is 2. The van der Waals surface area contributed by atoms with Crippen LogP contribution >= 0.6 is 11.3 Å². The molecule has 104 valence electrons. The average Bonchev–Trinajstić information content (AvgIpc) is 3.18. The van der Waals surface area contributed by atoms with Gasteiger partial charge in [0.15, 0.2) is 0 Å². The molecule has 0 saturated heterocycles. The third-order valence-corrected chi connectivity index (χ3v) is 4.29. The number of thiazole rings is 1. The van der Waals surface area contributed by atoms with E-state index in [4.69, 9.17) is 0 Å². The number of carbonyl (C=O) groups is 1. The van der Waals surface area contributed by atoms with Crippen LogP contribution in [0.1, 0.15) is 45.0 Å². The zero-order chi connectivity index (χ0) is 14.1. The van der Waals surface area contributed by atoms with E-state index in [-0.39, 0.29) is 11.9 Å². The highest BCUT2D eigenvalue weighted by molar-refractivity contribution is 7.11. The molecule has 6 heteroatoms. The summed E-state index contributed by atoms with van der Waals surface area (Å²) in [6, 6.07) is 0.00398. The van der Waals surface area contributed by atoms with Crippen molar-refractivity contribution < 1.29 is 4.79 Å². The highest BCUT2D eigenvalue weighted by Crippen LogP contribution is 2.42. The van der Waals surface area contributed by atoms with Crippen LogP contribution in [0.2, 0.25) is 0 Å². The third kappa shape index (κ3) is 2.85. The van der Waals surface area contributed by atoms with Crippen molar-refractivity contribution >= 4 is 17.2 Å². The Labute approximate surface area is 121 Å². The fourth-order valence-corrected chi connectivity index (χ4v) is 2.97. The first kappa shape index (κ1) is 13.2. The predicted octanol–water partition coefficient (Wildman–Crippen LogP) is 2.43. The monoisotopic (exact) mass is 288 g/mol. The van der Waals surface area contributed by atoms with Crippen molar-refractivity contribution in [1.29, 1.82) is 0 Å². The van der Waals surface area contributed by atoms with Crippen molar-refractivity contribution in [2.24, 2.45) is 5.92 Å². The summed E-state index contributed by atoms with van der Waals surface area (Å²) >= 11 is 1.64. The second-order valence-corrected chi connectivity index (χ2v) is 6.41. The average molecular weight is 288 g/mol. The number of carbonyl (C=O) groups excluding carboxylic acids is 1. The van der Waals surface area contributed by atoms with E-state index in [9.17, 15) is 4.79 Å². The first-order chi connectivity index (χ1) is 9.63. The van der Waals surface area contributed by atoms with Crippen LogP contribution in [0.5, 0.6) is 0 Å². The van der Waals surface area contributed by atoms with Gasteiger partial charge >= 0.3 is 0 Å². The number of aromatic nitrogens is 3. The van der Waals surface area contributed by atoms with Crippen molar-refractivity contribution in [3.8, 4) is 0 Å². The molecular formula is C14H16N4OS. The molecule has 0 unspecified atom stereocenters. The van der Waals surface area contributed by atoms with Crippen molar-refractivity contribution in [2.75, 3.05) is 0 Å². The summed E-state index contributed by atoms with van der Waals surface area (Å²) in [6.45, 7) is 3.87. The van der Waals surface area contributed by atoms with Gasteiger partial charge in [-0.1, -0.05) is 0 Å². The second-order valence-electron chi connectivity index (χ2n) is 5.14. The summed E-state index contributed by atoms with van der Waals surface area (Å²) in [5, 5.41) is 4.04. The Bertz CT molecular complexity index is 618. The maximum Gasteiger partial charge on any atom is 0.272 e. The fourth-order valence-electron chi connectivity index (χ4n) is 2.05. The van der Waals surface area contributed by atoms with Gasteiger partial charge in [-0.15, -0.1) is 11.3 Å². The van der Waals surface area contributed by atoms with Crippen LogP contribution in [-0.4, -0.2) is 20.9 Å². The zero-order valence-electron chi connectivity index (χ0n) is 11.5. The van der Waals surface area contributed by atoms with E-state index in [1.54, 1.807) is 17.5 Å². The maximum absolute atomic E-state index is 12.2. The number of hydrogen-bond donors (Lipinski definition) is 1. The Kier molecular flexibility index (Phi) is 3.48. The molecule has 0 spiro atoms. The molecule has 5 nitrogen and oxygen atoms in total. The second kappa shape index (κ2) is 5.28. The molecule has 1 amide bonds. The number of hydrogen-bond acceptors (Lipinski definition) is 5. The van der Waals surface area contributed by atoms with Gasteiger partial charge in [-0.2, -0.15) is 0 Å². The van der Waals surface area contributed by atoms with Gasteiger partial charge in [0.1, 0.15) is 10.7 Å². The molecule has 1 fully saturated rings. The zero-order valence-corrected chi connectivity index (χ0v) is 12.3. The molecule has 1 aliphatic rings. The predicted molar refractivity (Wildman–Crippen MR) is 76.6 cm³/mol. The Hall–Kier alpha value is -1.82. The minimum absolute atomic E-state index is 0.00398. The van der Waals surface area contributed by atoms with Gasteiger partial charge in [-0.25, -0.2) is 9.97 Å². The Balaban J connectivity index is 1.76. The van der Waals surface area contributed by atoms with E-state index in [1.165, 1.54) is 6.20 Å². The molecule has 2 aromatic heterocycles. The molecule has 0 aliphatic heterocycles. The molecule has 1 saturated carbocycles. The molecule has 2 aromatic rings. The van der Waals surface area contributed by atoms with Crippen LogP contribution in [0.3, 0.4) is 0 Å². The van der Waals surface area contributed by atoms with Gasteiger partial charge in [0.25, 0.3) is 5.91 Å². The molecule has 2 heterocycles. The van der Waals surface area contributed by atoms with Gasteiger partial charge in [-0.05, 0) is 32.6 Å². The van der Waals surface area contributed by atoms with Crippen LogP contribution in [0.15, 0.2) is 18.6 Å². The first-order valence-corrected chi connectivity index (χ1v) is 7.47. The summed E-state index contributed by atoms with van der Waals surface area (Å²) in [6.07, 6.45) is 7.26. The maximum atomic E-state index is 12.2. The van der Waals surface area contributed by atoms with E-state index < -0.39 is 0 Å². The van der Waals surface area contributed by atoms with Crippen LogP contribution in [0, 0.1) is 19.8 Å². The van der Waals surface area contributed by atoms with Gasteiger partial charge in [0.05, 0.1) is 17.9 Å². The van der Waals surface area contributed by atoms with E-state index in [1.807, 2.05) is 20.0 Å². The quantitative estimate of drug-likeness (QED) is 0.938. The third-order valence-electron chi connectivity index (χ3n) is 3.30. The lowest BCUT2D eigenvalue weighted by Crippen LogP contribution is -2.30. The van der Waals surface area contributed by atoms with Crippen molar-refractivity contribution in [1.82, 2.24) is 20.3 Å². The molecule has 0 bridgehead atoms. The Morgan fingerprint density at radius 2 is 2.05 bits per heavy atom. The number of nitrogens with one attached hydrogen (secondary N) is 1. The molecule has 0 aromatic carbocycles. The number of nitrogens with zero attached hydrogens (tertiary/aromatic N) is 3. The summed E-state index contributed by atoms with van der Waals surface area (Å²) in [5.74, 6) is 0.324. The van der Waals surface area contributed by atoms with Crippen molar-refractivity contribution in [2.45, 2.75) is 32.7 Å². The van der Waals surface area contributed by atoms with Crippen LogP contribution in [0.25, 0.3) is 0 Å². The molecular weight excluding hydrogens is 272 g/mol. The summed E-state index contributed by atoms with van der Waals surface area (Å²) in [5.41, 5.74) is 1.16. The normalized spacial score (nSPS) is 15.9. The molecule has 1 atom stereocenters. The van der Waals surface area contributed by atoms with Crippen LogP contribution < -0.4 is 5.32 Å². The lowest BCUT2D eigenvalue weighted by Gasteiger charge is -2.15. The summed E-state index contributed by atoms with van der Waals surface area (Å²) < 4.78 is 0. The van der Waals surface area contributed by atoms with Gasteiger partial charge < -0.3 is 5.32 Å². The minimum atomic E-state index is -0.178. The molecule has 20 heavy (non-hydrogen) atoms. The van der Waals surface area contributed by atoms with Gasteiger partial charge in [0, 0.05) is 17.3 Å².